The first-order chi connectivity index (χ1) is 19.5. The average Bonchev–Trinajstić information content (AvgIpc) is 3.55. The van der Waals surface area contributed by atoms with E-state index in [9.17, 15) is 4.79 Å². The summed E-state index contributed by atoms with van der Waals surface area (Å²) in [5.41, 5.74) is 4.79. The van der Waals surface area contributed by atoms with Crippen LogP contribution in [-0.4, -0.2) is 32.1 Å². The van der Waals surface area contributed by atoms with Gasteiger partial charge in [0.15, 0.2) is 0 Å². The number of carbonyl (C=O) groups is 1. The lowest BCUT2D eigenvalue weighted by atomic mass is 10.1. The van der Waals surface area contributed by atoms with Crippen LogP contribution in [0.25, 0.3) is 11.3 Å². The molecule has 2 aromatic heterocycles. The van der Waals surface area contributed by atoms with Crippen molar-refractivity contribution in [2.75, 3.05) is 12.0 Å². The van der Waals surface area contributed by atoms with Crippen molar-refractivity contribution in [1.82, 2.24) is 19.1 Å². The third kappa shape index (κ3) is 4.71. The van der Waals surface area contributed by atoms with E-state index in [4.69, 9.17) is 15.0 Å². The minimum atomic E-state index is -0.374. The number of methoxy groups -OCH3 is 1. The number of benzene rings is 3. The summed E-state index contributed by atoms with van der Waals surface area (Å²) in [4.78, 5) is 24.6. The van der Waals surface area contributed by atoms with Crippen molar-refractivity contribution in [3.05, 3.63) is 119 Å². The third-order valence-corrected chi connectivity index (χ3v) is 7.12. The van der Waals surface area contributed by atoms with Gasteiger partial charge in [-0.2, -0.15) is 5.26 Å². The Labute approximate surface area is 230 Å². The molecule has 0 saturated heterocycles. The highest BCUT2D eigenvalue weighted by molar-refractivity contribution is 5.95. The van der Waals surface area contributed by atoms with Gasteiger partial charge in [-0.1, -0.05) is 30.3 Å². The fraction of sp³-hybridized carbons (Fsp3) is 0.161. The number of anilines is 1. The number of rotatable bonds is 6. The maximum atomic E-state index is 15.1. The summed E-state index contributed by atoms with van der Waals surface area (Å²) in [7, 11) is 1.61. The summed E-state index contributed by atoms with van der Waals surface area (Å²) >= 11 is 0. The highest BCUT2D eigenvalue weighted by atomic mass is 19.1. The maximum absolute atomic E-state index is 15.1. The predicted molar refractivity (Wildman–Crippen MR) is 147 cm³/mol. The first-order valence-corrected chi connectivity index (χ1v) is 12.8. The van der Waals surface area contributed by atoms with E-state index in [0.717, 1.165) is 16.8 Å². The van der Waals surface area contributed by atoms with Gasteiger partial charge >= 0.3 is 0 Å². The highest BCUT2D eigenvalue weighted by Crippen LogP contribution is 2.34. The zero-order valence-electron chi connectivity index (χ0n) is 21.8. The van der Waals surface area contributed by atoms with Gasteiger partial charge in [0.2, 0.25) is 5.91 Å². The van der Waals surface area contributed by atoms with Crippen LogP contribution in [0.1, 0.15) is 28.2 Å². The van der Waals surface area contributed by atoms with Crippen LogP contribution in [0.3, 0.4) is 0 Å². The van der Waals surface area contributed by atoms with Crippen molar-refractivity contribution in [2.24, 2.45) is 0 Å². The van der Waals surface area contributed by atoms with E-state index < -0.39 is 0 Å². The number of para-hydroxylation sites is 1. The maximum Gasteiger partial charge on any atom is 0.233 e. The zero-order chi connectivity index (χ0) is 27.6. The Morgan fingerprint density at radius 1 is 1.07 bits per heavy atom. The van der Waals surface area contributed by atoms with Crippen LogP contribution in [0, 0.1) is 17.1 Å². The van der Waals surface area contributed by atoms with E-state index in [1.54, 1.807) is 48.8 Å². The lowest BCUT2D eigenvalue weighted by Crippen LogP contribution is -2.33. The largest absolute Gasteiger partial charge is 0.496 e. The Morgan fingerprint density at radius 2 is 1.90 bits per heavy atom. The van der Waals surface area contributed by atoms with Gasteiger partial charge in [-0.3, -0.25) is 4.79 Å². The summed E-state index contributed by atoms with van der Waals surface area (Å²) in [6.45, 7) is 0.945. The molecule has 3 heterocycles. The molecule has 6 rings (SSSR count). The molecule has 0 spiro atoms. The summed E-state index contributed by atoms with van der Waals surface area (Å²) in [5.74, 6) is 0.770. The molecule has 0 bridgehead atoms. The molecule has 0 unspecified atom stereocenters. The van der Waals surface area contributed by atoms with E-state index in [1.165, 1.54) is 6.07 Å². The Kier molecular flexibility index (Phi) is 6.58. The molecule has 40 heavy (non-hydrogen) atoms. The number of amides is 1. The molecule has 3 aromatic carbocycles. The van der Waals surface area contributed by atoms with Gasteiger partial charge in [0, 0.05) is 35.8 Å². The number of fused-ring (bicyclic) bond motifs is 2. The lowest BCUT2D eigenvalue weighted by molar-refractivity contribution is -0.118. The Hall–Kier alpha value is -5.23. The van der Waals surface area contributed by atoms with Crippen LogP contribution in [0.5, 0.6) is 5.75 Å². The number of aromatic nitrogens is 4. The van der Waals surface area contributed by atoms with E-state index in [2.05, 4.69) is 11.1 Å². The van der Waals surface area contributed by atoms with Crippen molar-refractivity contribution in [2.45, 2.75) is 26.1 Å². The van der Waals surface area contributed by atoms with Gasteiger partial charge in [-0.15, -0.1) is 0 Å². The molecule has 0 radical (unpaired) electrons. The first-order valence-electron chi connectivity index (χ1n) is 12.8. The molecule has 1 amide bonds. The summed E-state index contributed by atoms with van der Waals surface area (Å²) in [6.07, 6.45) is 5.31. The van der Waals surface area contributed by atoms with Crippen molar-refractivity contribution >= 4 is 11.6 Å². The number of ether oxygens (including phenoxy) is 1. The van der Waals surface area contributed by atoms with Gasteiger partial charge in [-0.05, 0) is 42.0 Å². The molecular weight excluding hydrogens is 507 g/mol. The summed E-state index contributed by atoms with van der Waals surface area (Å²) < 4.78 is 24.5. The number of hydrogen-bond acceptors (Lipinski definition) is 5. The summed E-state index contributed by atoms with van der Waals surface area (Å²) in [6, 6.07) is 21.8. The van der Waals surface area contributed by atoms with Crippen LogP contribution in [0.15, 0.2) is 85.5 Å². The fourth-order valence-corrected chi connectivity index (χ4v) is 5.05. The van der Waals surface area contributed by atoms with Crippen LogP contribution in [-0.2, 0) is 30.8 Å². The van der Waals surface area contributed by atoms with Crippen LogP contribution >= 0.6 is 0 Å². The van der Waals surface area contributed by atoms with Gasteiger partial charge in [-0.25, -0.2) is 14.4 Å². The number of hydrogen-bond donors (Lipinski definition) is 0. The molecule has 1 aliphatic heterocycles. The van der Waals surface area contributed by atoms with Crippen molar-refractivity contribution in [3.8, 4) is 23.1 Å². The van der Waals surface area contributed by atoms with Crippen molar-refractivity contribution < 1.29 is 13.9 Å². The first kappa shape index (κ1) is 25.1. The molecule has 0 saturated carbocycles. The Morgan fingerprint density at radius 3 is 2.70 bits per heavy atom. The normalized spacial score (nSPS) is 12.3. The second kappa shape index (κ2) is 10.5. The topological polar surface area (TPSA) is 89.0 Å². The number of nitriles is 1. The second-order valence-electron chi connectivity index (χ2n) is 9.59. The minimum Gasteiger partial charge on any atom is -0.496 e. The number of imidazole rings is 2. The lowest BCUT2D eigenvalue weighted by Gasteiger charge is -2.23. The second-order valence-corrected chi connectivity index (χ2v) is 9.59. The molecule has 0 N–H and O–H groups in total. The molecule has 1 aliphatic rings. The molecular formula is C31H25FN6O2. The van der Waals surface area contributed by atoms with E-state index >= 15 is 4.39 Å². The zero-order valence-corrected chi connectivity index (χ0v) is 21.8. The number of nitrogens with zero attached hydrogens (tertiary/aromatic N) is 6. The summed E-state index contributed by atoms with van der Waals surface area (Å²) in [5, 5.41) is 9.06. The molecule has 9 heteroatoms. The van der Waals surface area contributed by atoms with Crippen molar-refractivity contribution in [1.29, 1.82) is 5.26 Å². The smallest absolute Gasteiger partial charge is 0.233 e. The fourth-order valence-electron chi connectivity index (χ4n) is 5.05. The van der Waals surface area contributed by atoms with Crippen LogP contribution < -0.4 is 9.64 Å². The SMILES string of the molecule is COc1ccccc1-c1cn2c(n1)CN(C(=O)Cc1cncn1Cc1ccc(C#N)cc1)c1cccc(F)c1C2. The highest BCUT2D eigenvalue weighted by Gasteiger charge is 2.28. The minimum absolute atomic E-state index is 0.0757. The molecule has 198 valence electrons. The van der Waals surface area contributed by atoms with Crippen LogP contribution in [0.2, 0.25) is 0 Å². The van der Waals surface area contributed by atoms with Gasteiger partial charge < -0.3 is 18.8 Å². The van der Waals surface area contributed by atoms with E-state index in [0.29, 0.717) is 40.6 Å². The van der Waals surface area contributed by atoms with Crippen LogP contribution in [0.4, 0.5) is 10.1 Å². The van der Waals surface area contributed by atoms with E-state index in [1.807, 2.05) is 51.7 Å². The van der Waals surface area contributed by atoms with Crippen molar-refractivity contribution in [3.63, 3.8) is 0 Å². The monoisotopic (exact) mass is 532 g/mol. The molecule has 0 atom stereocenters. The quantitative estimate of drug-likeness (QED) is 0.309. The van der Waals surface area contributed by atoms with Gasteiger partial charge in [0.05, 0.1) is 56.0 Å². The predicted octanol–water partition coefficient (Wildman–Crippen LogP) is 4.95. The molecule has 5 aromatic rings. The molecule has 8 nitrogen and oxygen atoms in total. The number of halogens is 1. The molecule has 0 fully saturated rings. The van der Waals surface area contributed by atoms with Gasteiger partial charge in [0.25, 0.3) is 0 Å². The van der Waals surface area contributed by atoms with E-state index in [-0.39, 0.29) is 31.2 Å². The number of carbonyl (C=O) groups excluding carboxylic acids is 1. The average molecular weight is 533 g/mol. The molecule has 0 aliphatic carbocycles. The Balaban J connectivity index is 1.31. The van der Waals surface area contributed by atoms with Gasteiger partial charge in [0.1, 0.15) is 17.4 Å². The standard InChI is InChI=1S/C31H25FN6O2/c1-40-29-8-3-2-5-24(29)27-18-36-17-25-26(32)6-4-7-28(25)38(19-30(36)35-27)31(39)13-23-15-34-20-37(23)16-22-11-9-21(14-33)10-12-22/h2-12,15,18,20H,13,16-17,19H2,1H3. The Bertz CT molecular complexity index is 1750. The third-order valence-electron chi connectivity index (χ3n) is 7.12.